The summed E-state index contributed by atoms with van der Waals surface area (Å²) in [5, 5.41) is 3.08. The van der Waals surface area contributed by atoms with Crippen molar-refractivity contribution in [3.63, 3.8) is 0 Å². The third-order valence-corrected chi connectivity index (χ3v) is 4.41. The Hall–Kier alpha value is -3.55. The monoisotopic (exact) mass is 398 g/mol. The van der Waals surface area contributed by atoms with Gasteiger partial charge in [-0.3, -0.25) is 4.98 Å². The lowest BCUT2D eigenvalue weighted by Crippen LogP contribution is -2.17. The van der Waals surface area contributed by atoms with E-state index in [1.165, 1.54) is 18.2 Å². The topological polar surface area (TPSA) is 52.0 Å². The maximum Gasteiger partial charge on any atom is 0.573 e. The van der Waals surface area contributed by atoms with Crippen LogP contribution >= 0.6 is 0 Å². The summed E-state index contributed by atoms with van der Waals surface area (Å²) in [4.78, 5) is 8.91. The molecule has 0 spiro atoms. The first-order valence-electron chi connectivity index (χ1n) is 8.87. The summed E-state index contributed by atoms with van der Waals surface area (Å²) in [6.07, 6.45) is -3.13. The van der Waals surface area contributed by atoms with Crippen LogP contribution < -0.4 is 10.1 Å². The molecular weight excluding hydrogens is 381 g/mol. The van der Waals surface area contributed by atoms with Crippen LogP contribution in [0.5, 0.6) is 5.75 Å². The Kier molecular flexibility index (Phi) is 4.84. The van der Waals surface area contributed by atoms with Crippen LogP contribution in [0.3, 0.4) is 0 Å². The number of anilines is 1. The third-order valence-electron chi connectivity index (χ3n) is 4.41. The van der Waals surface area contributed by atoms with Gasteiger partial charge >= 0.3 is 6.36 Å². The standard InChI is InChI=1S/C21H17F3N4O/c1-25-20-27-18-12-26-17(15-8-5-9-16(10-15)29-21(22,23)24)11-19(18)28(20)13-14-6-3-2-4-7-14/h2-12H,13H2,1H3,(H,25,27). The quantitative estimate of drug-likeness (QED) is 0.509. The maximum absolute atomic E-state index is 12.5. The molecular formula is C21H17F3N4O. The Morgan fingerprint density at radius 3 is 2.55 bits per heavy atom. The molecule has 4 aromatic rings. The van der Waals surface area contributed by atoms with Gasteiger partial charge < -0.3 is 14.6 Å². The van der Waals surface area contributed by atoms with Gasteiger partial charge in [-0.1, -0.05) is 42.5 Å². The predicted molar refractivity (Wildman–Crippen MR) is 105 cm³/mol. The number of alkyl halides is 3. The molecule has 0 radical (unpaired) electrons. The van der Waals surface area contributed by atoms with Gasteiger partial charge in [0.2, 0.25) is 5.95 Å². The summed E-state index contributed by atoms with van der Waals surface area (Å²) in [5.41, 5.74) is 3.67. The Morgan fingerprint density at radius 2 is 1.83 bits per heavy atom. The van der Waals surface area contributed by atoms with Crippen molar-refractivity contribution in [2.45, 2.75) is 12.9 Å². The SMILES string of the molecule is CNc1nc2cnc(-c3cccc(OC(F)(F)F)c3)cc2n1Cc1ccccc1. The number of pyridine rings is 1. The zero-order valence-electron chi connectivity index (χ0n) is 15.4. The summed E-state index contributed by atoms with van der Waals surface area (Å²) in [7, 11) is 1.79. The summed E-state index contributed by atoms with van der Waals surface area (Å²) in [6, 6.07) is 17.5. The molecule has 2 aromatic carbocycles. The molecule has 0 saturated carbocycles. The minimum Gasteiger partial charge on any atom is -0.406 e. The highest BCUT2D eigenvalue weighted by atomic mass is 19.4. The lowest BCUT2D eigenvalue weighted by Gasteiger charge is -2.11. The highest BCUT2D eigenvalue weighted by molar-refractivity contribution is 5.82. The van der Waals surface area contributed by atoms with Crippen LogP contribution in [0, 0.1) is 0 Å². The van der Waals surface area contributed by atoms with E-state index in [-0.39, 0.29) is 5.75 Å². The molecule has 8 heteroatoms. The van der Waals surface area contributed by atoms with Gasteiger partial charge in [-0.05, 0) is 23.8 Å². The summed E-state index contributed by atoms with van der Waals surface area (Å²) >= 11 is 0. The van der Waals surface area contributed by atoms with E-state index in [2.05, 4.69) is 20.0 Å². The Bertz CT molecular complexity index is 1140. The number of nitrogens with one attached hydrogen (secondary N) is 1. The first-order valence-corrected chi connectivity index (χ1v) is 8.87. The van der Waals surface area contributed by atoms with Crippen LogP contribution in [0.1, 0.15) is 5.56 Å². The largest absolute Gasteiger partial charge is 0.573 e. The van der Waals surface area contributed by atoms with Gasteiger partial charge in [-0.2, -0.15) is 0 Å². The number of nitrogens with zero attached hydrogens (tertiary/aromatic N) is 3. The van der Waals surface area contributed by atoms with Crippen molar-refractivity contribution in [2.75, 3.05) is 12.4 Å². The van der Waals surface area contributed by atoms with E-state index in [1.807, 2.05) is 41.0 Å². The summed E-state index contributed by atoms with van der Waals surface area (Å²) < 4.78 is 43.6. The zero-order chi connectivity index (χ0) is 20.4. The van der Waals surface area contributed by atoms with Crippen molar-refractivity contribution in [1.82, 2.24) is 14.5 Å². The number of imidazole rings is 1. The minimum absolute atomic E-state index is 0.286. The number of halogens is 3. The molecule has 0 saturated heterocycles. The van der Waals surface area contributed by atoms with Crippen molar-refractivity contribution in [2.24, 2.45) is 0 Å². The number of ether oxygens (including phenoxy) is 1. The van der Waals surface area contributed by atoms with E-state index in [4.69, 9.17) is 0 Å². The Labute approximate surface area is 164 Å². The molecule has 2 aromatic heterocycles. The number of fused-ring (bicyclic) bond motifs is 1. The molecule has 0 aliphatic rings. The molecule has 5 nitrogen and oxygen atoms in total. The van der Waals surface area contributed by atoms with Crippen LogP contribution in [-0.2, 0) is 6.54 Å². The second kappa shape index (κ2) is 7.46. The maximum atomic E-state index is 12.5. The average Bonchev–Trinajstić information content (AvgIpc) is 3.04. The normalized spacial score (nSPS) is 11.6. The molecule has 0 unspecified atom stereocenters. The van der Waals surface area contributed by atoms with Crippen LogP contribution in [0.25, 0.3) is 22.3 Å². The van der Waals surface area contributed by atoms with E-state index >= 15 is 0 Å². The lowest BCUT2D eigenvalue weighted by atomic mass is 10.1. The second-order valence-electron chi connectivity index (χ2n) is 6.39. The van der Waals surface area contributed by atoms with E-state index in [0.717, 1.165) is 11.1 Å². The first-order chi connectivity index (χ1) is 13.9. The molecule has 148 valence electrons. The lowest BCUT2D eigenvalue weighted by molar-refractivity contribution is -0.274. The van der Waals surface area contributed by atoms with Crippen molar-refractivity contribution in [3.8, 4) is 17.0 Å². The highest BCUT2D eigenvalue weighted by Gasteiger charge is 2.31. The summed E-state index contributed by atoms with van der Waals surface area (Å²) in [5.74, 6) is 0.391. The van der Waals surface area contributed by atoms with Crippen LogP contribution in [0.4, 0.5) is 19.1 Å². The molecule has 4 rings (SSSR count). The highest BCUT2D eigenvalue weighted by Crippen LogP contribution is 2.29. The minimum atomic E-state index is -4.74. The van der Waals surface area contributed by atoms with E-state index < -0.39 is 6.36 Å². The second-order valence-corrected chi connectivity index (χ2v) is 6.39. The van der Waals surface area contributed by atoms with Crippen molar-refractivity contribution >= 4 is 17.0 Å². The molecule has 0 atom stereocenters. The fraction of sp³-hybridized carbons (Fsp3) is 0.143. The van der Waals surface area contributed by atoms with Crippen LogP contribution in [0.15, 0.2) is 66.9 Å². The van der Waals surface area contributed by atoms with E-state index in [9.17, 15) is 13.2 Å². The Balaban J connectivity index is 1.76. The molecule has 0 fully saturated rings. The zero-order valence-corrected chi connectivity index (χ0v) is 15.4. The van der Waals surface area contributed by atoms with Gasteiger partial charge in [0, 0.05) is 12.6 Å². The van der Waals surface area contributed by atoms with Gasteiger partial charge in [-0.25, -0.2) is 4.98 Å². The van der Waals surface area contributed by atoms with Gasteiger partial charge in [0.05, 0.1) is 24.0 Å². The van der Waals surface area contributed by atoms with Crippen LogP contribution in [-0.4, -0.2) is 27.9 Å². The fourth-order valence-corrected chi connectivity index (χ4v) is 3.16. The van der Waals surface area contributed by atoms with E-state index in [0.29, 0.717) is 29.3 Å². The Morgan fingerprint density at radius 1 is 1.03 bits per heavy atom. The van der Waals surface area contributed by atoms with Crippen molar-refractivity contribution in [3.05, 3.63) is 72.4 Å². The van der Waals surface area contributed by atoms with E-state index in [1.54, 1.807) is 19.3 Å². The van der Waals surface area contributed by atoms with Crippen LogP contribution in [0.2, 0.25) is 0 Å². The fourth-order valence-electron chi connectivity index (χ4n) is 3.16. The number of rotatable bonds is 5. The average molecular weight is 398 g/mol. The van der Waals surface area contributed by atoms with Gasteiger partial charge in [0.15, 0.2) is 0 Å². The molecule has 29 heavy (non-hydrogen) atoms. The first kappa shape index (κ1) is 18.8. The van der Waals surface area contributed by atoms with Crippen molar-refractivity contribution in [1.29, 1.82) is 0 Å². The molecule has 0 amide bonds. The number of hydrogen-bond acceptors (Lipinski definition) is 4. The summed E-state index contributed by atoms with van der Waals surface area (Å²) in [6.45, 7) is 0.591. The number of hydrogen-bond donors (Lipinski definition) is 1. The smallest absolute Gasteiger partial charge is 0.406 e. The molecule has 1 N–H and O–H groups in total. The third kappa shape index (κ3) is 4.16. The van der Waals surface area contributed by atoms with Gasteiger partial charge in [0.25, 0.3) is 0 Å². The number of aromatic nitrogens is 3. The molecule has 2 heterocycles. The molecule has 0 bridgehead atoms. The molecule has 0 aliphatic carbocycles. The van der Waals surface area contributed by atoms with Crippen molar-refractivity contribution < 1.29 is 17.9 Å². The van der Waals surface area contributed by atoms with Gasteiger partial charge in [0.1, 0.15) is 11.3 Å². The van der Waals surface area contributed by atoms with Gasteiger partial charge in [-0.15, -0.1) is 13.2 Å². The molecule has 0 aliphatic heterocycles. The predicted octanol–water partition coefficient (Wildman–Crippen LogP) is 5.09. The number of benzene rings is 2.